The molecule has 3 heteroatoms. The Balaban J connectivity index is 2.44. The molecule has 3 unspecified atom stereocenters. The summed E-state index contributed by atoms with van der Waals surface area (Å²) in [6.45, 7) is 2.09. The van der Waals surface area contributed by atoms with Crippen molar-refractivity contribution in [1.29, 1.82) is 0 Å². The van der Waals surface area contributed by atoms with Crippen LogP contribution >= 0.6 is 15.9 Å². The maximum atomic E-state index is 12.2. The van der Waals surface area contributed by atoms with E-state index in [0.29, 0.717) is 5.92 Å². The predicted octanol–water partition coefficient (Wildman–Crippen LogP) is 3.27. The van der Waals surface area contributed by atoms with E-state index in [9.17, 15) is 8.78 Å². The normalized spacial score (nSPS) is 39.5. The molecule has 1 saturated carbocycles. The Morgan fingerprint density at radius 2 is 2.18 bits per heavy atom. The zero-order valence-electron chi connectivity index (χ0n) is 6.43. The van der Waals surface area contributed by atoms with E-state index in [1.807, 2.05) is 0 Å². The molecule has 1 rings (SSSR count). The molecule has 0 spiro atoms. The molecule has 0 bridgehead atoms. The summed E-state index contributed by atoms with van der Waals surface area (Å²) in [7, 11) is 0. The van der Waals surface area contributed by atoms with Crippen LogP contribution in [0.15, 0.2) is 0 Å². The predicted molar refractivity (Wildman–Crippen MR) is 44.9 cm³/mol. The first kappa shape index (κ1) is 9.43. The maximum Gasteiger partial charge on any atom is 0.242 e. The summed E-state index contributed by atoms with van der Waals surface area (Å²) < 4.78 is 24.5. The summed E-state index contributed by atoms with van der Waals surface area (Å²) in [6, 6.07) is 0. The third kappa shape index (κ3) is 2.39. The fraction of sp³-hybridized carbons (Fsp3) is 0.875. The topological polar surface area (TPSA) is 0 Å². The number of hydrogen-bond donors (Lipinski definition) is 0. The minimum absolute atomic E-state index is 0.0220. The first-order valence-corrected chi connectivity index (χ1v) is 4.78. The highest BCUT2D eigenvalue weighted by atomic mass is 79.9. The molecule has 0 N–H and O–H groups in total. The van der Waals surface area contributed by atoms with Crippen LogP contribution in [0.4, 0.5) is 8.78 Å². The van der Waals surface area contributed by atoms with Crippen LogP contribution in [0.3, 0.4) is 0 Å². The SMILES string of the molecule is CC1C[CH]C(C(F)F)C(Br)C1. The zero-order chi connectivity index (χ0) is 8.43. The standard InChI is InChI=1S/C8H12BrF2/c1-5-2-3-6(8(10)11)7(9)4-5/h3,5-8H,2,4H2,1H3. The van der Waals surface area contributed by atoms with E-state index < -0.39 is 12.3 Å². The number of alkyl halides is 3. The van der Waals surface area contributed by atoms with Crippen LogP contribution in [-0.4, -0.2) is 11.3 Å². The highest BCUT2D eigenvalue weighted by Gasteiger charge is 2.32. The van der Waals surface area contributed by atoms with Crippen molar-refractivity contribution < 1.29 is 8.78 Å². The fourth-order valence-corrected chi connectivity index (χ4v) is 2.52. The molecule has 11 heavy (non-hydrogen) atoms. The smallest absolute Gasteiger partial charge is 0.210 e. The lowest BCUT2D eigenvalue weighted by Gasteiger charge is -2.30. The van der Waals surface area contributed by atoms with Gasteiger partial charge in [-0.25, -0.2) is 8.78 Å². The molecule has 0 amide bonds. The molecule has 0 aromatic rings. The van der Waals surface area contributed by atoms with E-state index in [-0.39, 0.29) is 4.83 Å². The van der Waals surface area contributed by atoms with Gasteiger partial charge in [0.1, 0.15) is 0 Å². The van der Waals surface area contributed by atoms with Gasteiger partial charge in [0.2, 0.25) is 6.43 Å². The molecular weight excluding hydrogens is 214 g/mol. The summed E-state index contributed by atoms with van der Waals surface area (Å²) in [6.07, 6.45) is 1.24. The van der Waals surface area contributed by atoms with E-state index in [2.05, 4.69) is 22.9 Å². The molecule has 0 saturated heterocycles. The Morgan fingerprint density at radius 1 is 1.55 bits per heavy atom. The first-order chi connectivity index (χ1) is 5.11. The molecule has 0 heterocycles. The lowest BCUT2D eigenvalue weighted by atomic mass is 9.83. The Kier molecular flexibility index (Phi) is 3.29. The van der Waals surface area contributed by atoms with Gasteiger partial charge >= 0.3 is 0 Å². The van der Waals surface area contributed by atoms with Crippen LogP contribution in [0.5, 0.6) is 0 Å². The second-order valence-corrected chi connectivity index (χ2v) is 4.42. The van der Waals surface area contributed by atoms with Crippen molar-refractivity contribution in [2.24, 2.45) is 11.8 Å². The molecule has 0 aromatic heterocycles. The van der Waals surface area contributed by atoms with Crippen LogP contribution in [0, 0.1) is 18.3 Å². The van der Waals surface area contributed by atoms with Crippen molar-refractivity contribution in [2.75, 3.05) is 0 Å². The molecular formula is C8H12BrF2. The van der Waals surface area contributed by atoms with Crippen molar-refractivity contribution in [3.63, 3.8) is 0 Å². The Bertz CT molecular complexity index is 127. The molecule has 0 nitrogen and oxygen atoms in total. The van der Waals surface area contributed by atoms with E-state index >= 15 is 0 Å². The Labute approximate surface area is 74.5 Å². The molecule has 65 valence electrons. The average molecular weight is 226 g/mol. The Morgan fingerprint density at radius 3 is 2.64 bits per heavy atom. The first-order valence-electron chi connectivity index (χ1n) is 3.86. The van der Waals surface area contributed by atoms with Gasteiger partial charge in [0.05, 0.1) is 0 Å². The van der Waals surface area contributed by atoms with Crippen LogP contribution in [0.1, 0.15) is 19.8 Å². The van der Waals surface area contributed by atoms with E-state index in [1.165, 1.54) is 0 Å². The number of hydrogen-bond acceptors (Lipinski definition) is 0. The van der Waals surface area contributed by atoms with Gasteiger partial charge in [0.15, 0.2) is 0 Å². The minimum Gasteiger partial charge on any atom is -0.210 e. The Hall–Kier alpha value is 0.340. The van der Waals surface area contributed by atoms with Crippen molar-refractivity contribution in [3.8, 4) is 0 Å². The zero-order valence-corrected chi connectivity index (χ0v) is 8.02. The van der Waals surface area contributed by atoms with Gasteiger partial charge in [0, 0.05) is 10.7 Å². The van der Waals surface area contributed by atoms with E-state index in [1.54, 1.807) is 6.42 Å². The number of rotatable bonds is 1. The van der Waals surface area contributed by atoms with Gasteiger partial charge in [-0.1, -0.05) is 22.9 Å². The van der Waals surface area contributed by atoms with Crippen LogP contribution in [0.2, 0.25) is 0 Å². The molecule has 0 aliphatic heterocycles. The molecule has 1 radical (unpaired) electrons. The molecule has 3 atom stereocenters. The fourth-order valence-electron chi connectivity index (χ4n) is 1.44. The van der Waals surface area contributed by atoms with Gasteiger partial charge in [-0.2, -0.15) is 0 Å². The van der Waals surface area contributed by atoms with Crippen molar-refractivity contribution in [2.45, 2.75) is 31.0 Å². The maximum absolute atomic E-state index is 12.2. The monoisotopic (exact) mass is 225 g/mol. The lowest BCUT2D eigenvalue weighted by Crippen LogP contribution is -2.29. The summed E-state index contributed by atoms with van der Waals surface area (Å²) in [5.41, 5.74) is 0. The highest BCUT2D eigenvalue weighted by molar-refractivity contribution is 9.09. The van der Waals surface area contributed by atoms with E-state index in [4.69, 9.17) is 0 Å². The molecule has 0 aromatic carbocycles. The van der Waals surface area contributed by atoms with Crippen LogP contribution in [-0.2, 0) is 0 Å². The quantitative estimate of drug-likeness (QED) is 0.602. The third-order valence-corrected chi connectivity index (χ3v) is 3.13. The summed E-state index contributed by atoms with van der Waals surface area (Å²) in [5.74, 6) is 0.0144. The van der Waals surface area contributed by atoms with Crippen molar-refractivity contribution >= 4 is 15.9 Å². The van der Waals surface area contributed by atoms with Gasteiger partial charge in [-0.05, 0) is 25.2 Å². The van der Waals surface area contributed by atoms with Crippen LogP contribution in [0.25, 0.3) is 0 Å². The highest BCUT2D eigenvalue weighted by Crippen LogP contribution is 2.35. The van der Waals surface area contributed by atoms with Gasteiger partial charge in [-0.15, -0.1) is 0 Å². The lowest BCUT2D eigenvalue weighted by molar-refractivity contribution is 0.0786. The van der Waals surface area contributed by atoms with Gasteiger partial charge in [0.25, 0.3) is 0 Å². The second-order valence-electron chi connectivity index (χ2n) is 3.24. The number of halogens is 3. The van der Waals surface area contributed by atoms with E-state index in [0.717, 1.165) is 12.8 Å². The summed E-state index contributed by atoms with van der Waals surface area (Å²) in [5, 5.41) is 0. The van der Waals surface area contributed by atoms with Crippen molar-refractivity contribution in [1.82, 2.24) is 0 Å². The summed E-state index contributed by atoms with van der Waals surface area (Å²) in [4.78, 5) is -0.0220. The minimum atomic E-state index is -2.20. The molecule has 1 aliphatic rings. The second kappa shape index (κ2) is 3.83. The molecule has 1 aliphatic carbocycles. The summed E-state index contributed by atoms with van der Waals surface area (Å²) >= 11 is 3.28. The average Bonchev–Trinajstić information content (AvgIpc) is 1.85. The third-order valence-electron chi connectivity index (χ3n) is 2.15. The van der Waals surface area contributed by atoms with Gasteiger partial charge in [-0.3, -0.25) is 0 Å². The van der Waals surface area contributed by atoms with Crippen molar-refractivity contribution in [3.05, 3.63) is 6.42 Å². The van der Waals surface area contributed by atoms with Gasteiger partial charge < -0.3 is 0 Å². The molecule has 1 fully saturated rings. The van der Waals surface area contributed by atoms with Crippen LogP contribution < -0.4 is 0 Å². The largest absolute Gasteiger partial charge is 0.242 e.